The van der Waals surface area contributed by atoms with Crippen LogP contribution in [-0.2, 0) is 0 Å². The molecule has 0 spiro atoms. The zero-order valence-electron chi connectivity index (χ0n) is 11.9. The molecule has 0 saturated carbocycles. The van der Waals surface area contributed by atoms with E-state index in [9.17, 15) is 4.79 Å². The van der Waals surface area contributed by atoms with Gasteiger partial charge in [-0.15, -0.1) is 0 Å². The van der Waals surface area contributed by atoms with Crippen LogP contribution in [-0.4, -0.2) is 28.9 Å². The number of anilines is 1. The minimum absolute atomic E-state index is 0.0198. The topological polar surface area (TPSA) is 59.2 Å². The first-order valence-corrected chi connectivity index (χ1v) is 7.11. The van der Waals surface area contributed by atoms with Crippen molar-refractivity contribution in [2.75, 3.05) is 18.8 Å². The van der Waals surface area contributed by atoms with Gasteiger partial charge >= 0.3 is 0 Å². The van der Waals surface area contributed by atoms with Gasteiger partial charge in [-0.2, -0.15) is 0 Å². The van der Waals surface area contributed by atoms with Crippen LogP contribution in [0.1, 0.15) is 49.9 Å². The number of nitrogens with zero attached hydrogens (tertiary/aromatic N) is 2. The van der Waals surface area contributed by atoms with E-state index in [-0.39, 0.29) is 5.91 Å². The molecule has 0 aliphatic carbocycles. The van der Waals surface area contributed by atoms with Crippen LogP contribution in [0.15, 0.2) is 18.3 Å². The first-order valence-electron chi connectivity index (χ1n) is 7.11. The molecule has 0 unspecified atom stereocenters. The Balaban J connectivity index is 2.06. The van der Waals surface area contributed by atoms with Crippen molar-refractivity contribution in [2.24, 2.45) is 5.41 Å². The number of nitrogen functional groups attached to an aromatic ring is 1. The maximum atomic E-state index is 12.4. The van der Waals surface area contributed by atoms with Crippen LogP contribution in [0, 0.1) is 5.41 Å². The van der Waals surface area contributed by atoms with Gasteiger partial charge in [0, 0.05) is 19.3 Å². The van der Waals surface area contributed by atoms with E-state index in [4.69, 9.17) is 5.73 Å². The molecule has 4 nitrogen and oxygen atoms in total. The summed E-state index contributed by atoms with van der Waals surface area (Å²) in [6.07, 6.45) is 6.18. The standard InChI is InChI=1S/C15H23N3O/c1-3-15(4-2)7-10-18(11-8-15)14(19)12-6-5-9-17-13(12)16/h5-6,9H,3-4,7-8,10-11H2,1-2H3,(H2,16,17). The number of rotatable bonds is 3. The lowest BCUT2D eigenvalue weighted by Gasteiger charge is -2.41. The molecule has 1 saturated heterocycles. The Kier molecular flexibility index (Phi) is 4.08. The number of carbonyl (C=O) groups is 1. The molecule has 1 aromatic heterocycles. The average molecular weight is 261 g/mol. The average Bonchev–Trinajstić information content (AvgIpc) is 2.47. The van der Waals surface area contributed by atoms with Gasteiger partial charge in [-0.1, -0.05) is 26.7 Å². The number of carbonyl (C=O) groups excluding carboxylic acids is 1. The van der Waals surface area contributed by atoms with Crippen molar-refractivity contribution in [3.05, 3.63) is 23.9 Å². The van der Waals surface area contributed by atoms with Crippen molar-refractivity contribution in [2.45, 2.75) is 39.5 Å². The van der Waals surface area contributed by atoms with Gasteiger partial charge in [-0.25, -0.2) is 4.98 Å². The van der Waals surface area contributed by atoms with Crippen molar-refractivity contribution in [3.8, 4) is 0 Å². The molecule has 2 heterocycles. The van der Waals surface area contributed by atoms with E-state index in [1.165, 1.54) is 12.8 Å². The Morgan fingerprint density at radius 2 is 2.00 bits per heavy atom. The molecule has 1 aromatic rings. The third-order valence-corrected chi connectivity index (χ3v) is 4.68. The van der Waals surface area contributed by atoms with E-state index in [1.807, 2.05) is 4.90 Å². The van der Waals surface area contributed by atoms with Crippen LogP contribution in [0.3, 0.4) is 0 Å². The van der Waals surface area contributed by atoms with Crippen molar-refractivity contribution in [3.63, 3.8) is 0 Å². The molecule has 1 aliphatic rings. The molecule has 2 rings (SSSR count). The van der Waals surface area contributed by atoms with Gasteiger partial charge in [-0.05, 0) is 30.4 Å². The Labute approximate surface area is 115 Å². The fraction of sp³-hybridized carbons (Fsp3) is 0.600. The minimum Gasteiger partial charge on any atom is -0.383 e. The maximum absolute atomic E-state index is 12.4. The number of pyridine rings is 1. The van der Waals surface area contributed by atoms with E-state index in [2.05, 4.69) is 18.8 Å². The molecule has 0 bridgehead atoms. The van der Waals surface area contributed by atoms with Gasteiger partial charge in [-0.3, -0.25) is 4.79 Å². The molecular formula is C15H23N3O. The van der Waals surface area contributed by atoms with Crippen molar-refractivity contribution < 1.29 is 4.79 Å². The number of amides is 1. The number of hydrogen-bond donors (Lipinski definition) is 1. The summed E-state index contributed by atoms with van der Waals surface area (Å²) in [7, 11) is 0. The van der Waals surface area contributed by atoms with Crippen LogP contribution in [0.5, 0.6) is 0 Å². The summed E-state index contributed by atoms with van der Waals surface area (Å²) in [6.45, 7) is 6.16. The fourth-order valence-corrected chi connectivity index (χ4v) is 2.91. The second-order valence-corrected chi connectivity index (χ2v) is 5.44. The fourth-order valence-electron chi connectivity index (χ4n) is 2.91. The Morgan fingerprint density at radius 3 is 2.53 bits per heavy atom. The maximum Gasteiger partial charge on any atom is 0.257 e. The zero-order valence-corrected chi connectivity index (χ0v) is 11.9. The summed E-state index contributed by atoms with van der Waals surface area (Å²) in [5, 5.41) is 0. The first-order chi connectivity index (χ1) is 9.12. The molecular weight excluding hydrogens is 238 g/mol. The third-order valence-electron chi connectivity index (χ3n) is 4.68. The lowest BCUT2D eigenvalue weighted by Crippen LogP contribution is -2.43. The predicted molar refractivity (Wildman–Crippen MR) is 76.8 cm³/mol. The molecule has 4 heteroatoms. The number of hydrogen-bond acceptors (Lipinski definition) is 3. The number of likely N-dealkylation sites (tertiary alicyclic amines) is 1. The zero-order chi connectivity index (χ0) is 13.9. The molecule has 0 aromatic carbocycles. The van der Waals surface area contributed by atoms with Crippen LogP contribution in [0.2, 0.25) is 0 Å². The van der Waals surface area contributed by atoms with Gasteiger partial charge in [0.05, 0.1) is 5.56 Å². The number of nitrogens with two attached hydrogens (primary N) is 1. The summed E-state index contributed by atoms with van der Waals surface area (Å²) < 4.78 is 0. The van der Waals surface area contributed by atoms with Crippen molar-refractivity contribution >= 4 is 11.7 Å². The highest BCUT2D eigenvalue weighted by Gasteiger charge is 2.33. The van der Waals surface area contributed by atoms with E-state index >= 15 is 0 Å². The van der Waals surface area contributed by atoms with Gasteiger partial charge in [0.2, 0.25) is 0 Å². The molecule has 0 radical (unpaired) electrons. The lowest BCUT2D eigenvalue weighted by molar-refractivity contribution is 0.0558. The van der Waals surface area contributed by atoms with Gasteiger partial charge in [0.25, 0.3) is 5.91 Å². The van der Waals surface area contributed by atoms with E-state index < -0.39 is 0 Å². The summed E-state index contributed by atoms with van der Waals surface area (Å²) in [4.78, 5) is 18.3. The number of aromatic nitrogens is 1. The van der Waals surface area contributed by atoms with E-state index in [1.54, 1.807) is 18.3 Å². The second-order valence-electron chi connectivity index (χ2n) is 5.44. The van der Waals surface area contributed by atoms with Crippen LogP contribution in [0.4, 0.5) is 5.82 Å². The Bertz CT molecular complexity index is 444. The van der Waals surface area contributed by atoms with Crippen molar-refractivity contribution in [1.82, 2.24) is 9.88 Å². The molecule has 1 amide bonds. The molecule has 2 N–H and O–H groups in total. The first kappa shape index (κ1) is 13.8. The highest BCUT2D eigenvalue weighted by Crippen LogP contribution is 2.38. The van der Waals surface area contributed by atoms with Crippen molar-refractivity contribution in [1.29, 1.82) is 0 Å². The Morgan fingerprint density at radius 1 is 1.37 bits per heavy atom. The summed E-state index contributed by atoms with van der Waals surface area (Å²) in [6, 6.07) is 3.52. The minimum atomic E-state index is 0.0198. The number of piperidine rings is 1. The molecule has 1 fully saturated rings. The molecule has 1 aliphatic heterocycles. The monoisotopic (exact) mass is 261 g/mol. The predicted octanol–water partition coefficient (Wildman–Crippen LogP) is 2.71. The highest BCUT2D eigenvalue weighted by molar-refractivity contribution is 5.98. The van der Waals surface area contributed by atoms with Crippen LogP contribution >= 0.6 is 0 Å². The molecule has 104 valence electrons. The normalized spacial score (nSPS) is 18.3. The second kappa shape index (κ2) is 5.59. The SMILES string of the molecule is CCC1(CC)CCN(C(=O)c2cccnc2N)CC1. The largest absolute Gasteiger partial charge is 0.383 e. The quantitative estimate of drug-likeness (QED) is 0.910. The third kappa shape index (κ3) is 2.72. The highest BCUT2D eigenvalue weighted by atomic mass is 16.2. The van der Waals surface area contributed by atoms with Gasteiger partial charge in [0.15, 0.2) is 0 Å². The molecule has 0 atom stereocenters. The summed E-state index contributed by atoms with van der Waals surface area (Å²) in [5.74, 6) is 0.349. The lowest BCUT2D eigenvalue weighted by atomic mass is 9.74. The Hall–Kier alpha value is -1.58. The van der Waals surface area contributed by atoms with E-state index in [0.717, 1.165) is 25.9 Å². The smallest absolute Gasteiger partial charge is 0.257 e. The summed E-state index contributed by atoms with van der Waals surface area (Å²) in [5.41, 5.74) is 6.73. The van der Waals surface area contributed by atoms with Gasteiger partial charge in [0.1, 0.15) is 5.82 Å². The van der Waals surface area contributed by atoms with Crippen LogP contribution in [0.25, 0.3) is 0 Å². The summed E-state index contributed by atoms with van der Waals surface area (Å²) >= 11 is 0. The van der Waals surface area contributed by atoms with E-state index in [0.29, 0.717) is 16.8 Å². The van der Waals surface area contributed by atoms with Gasteiger partial charge < -0.3 is 10.6 Å². The molecule has 19 heavy (non-hydrogen) atoms. The van der Waals surface area contributed by atoms with Crippen LogP contribution < -0.4 is 5.73 Å².